The molecule has 24 heavy (non-hydrogen) atoms. The zero-order valence-electron chi connectivity index (χ0n) is 14.3. The van der Waals surface area contributed by atoms with Crippen LogP contribution in [-0.4, -0.2) is 50.6 Å². The lowest BCUT2D eigenvalue weighted by molar-refractivity contribution is 0.0523. The van der Waals surface area contributed by atoms with Crippen LogP contribution in [0.4, 0.5) is 4.79 Å². The molecule has 0 aliphatic carbocycles. The zero-order chi connectivity index (χ0) is 17.8. The normalized spacial score (nSPS) is 16.6. The molecule has 1 aromatic carbocycles. The number of nitrogens with one attached hydrogen (secondary N) is 2. The molecule has 1 aliphatic heterocycles. The summed E-state index contributed by atoms with van der Waals surface area (Å²) in [6.07, 6.45) is -0.500. The highest BCUT2D eigenvalue weighted by molar-refractivity contribution is 7.89. The van der Waals surface area contributed by atoms with Gasteiger partial charge in [0.25, 0.3) is 0 Å². The van der Waals surface area contributed by atoms with Gasteiger partial charge in [-0.3, -0.25) is 0 Å². The molecular formula is C16H25N3O4S. The molecule has 1 aromatic rings. The molecule has 7 nitrogen and oxygen atoms in total. The van der Waals surface area contributed by atoms with Gasteiger partial charge in [0.15, 0.2) is 0 Å². The van der Waals surface area contributed by atoms with Crippen LogP contribution in [-0.2, 0) is 21.3 Å². The minimum absolute atomic E-state index is 0.269. The number of sulfonamides is 1. The Kier molecular flexibility index (Phi) is 5.84. The number of alkyl carbamates (subject to hydrolysis) is 1. The van der Waals surface area contributed by atoms with Crippen molar-refractivity contribution in [3.05, 3.63) is 29.8 Å². The standard InChI is InChI=1S/C16H25N3O4S/c1-16(2,3)23-15(20)18-12-13-4-6-14(7-5-13)24(21,22)19-10-8-17-9-11-19/h4-7,17H,8-12H2,1-3H3,(H,18,20). The maximum Gasteiger partial charge on any atom is 0.407 e. The second-order valence-corrected chi connectivity index (χ2v) is 8.59. The fraction of sp³-hybridized carbons (Fsp3) is 0.562. The van der Waals surface area contributed by atoms with Crippen molar-refractivity contribution in [3.63, 3.8) is 0 Å². The Bertz CT molecular complexity index is 660. The summed E-state index contributed by atoms with van der Waals surface area (Å²) < 4.78 is 31.7. The van der Waals surface area contributed by atoms with Crippen molar-refractivity contribution in [2.45, 2.75) is 37.8 Å². The molecule has 0 unspecified atom stereocenters. The van der Waals surface area contributed by atoms with Crippen molar-refractivity contribution in [1.29, 1.82) is 0 Å². The van der Waals surface area contributed by atoms with E-state index in [1.54, 1.807) is 45.0 Å². The maximum absolute atomic E-state index is 12.5. The highest BCUT2D eigenvalue weighted by atomic mass is 32.2. The molecule has 0 atom stereocenters. The van der Waals surface area contributed by atoms with Gasteiger partial charge in [0.1, 0.15) is 5.60 Å². The SMILES string of the molecule is CC(C)(C)OC(=O)NCc1ccc(S(=O)(=O)N2CCNCC2)cc1. The lowest BCUT2D eigenvalue weighted by atomic mass is 10.2. The quantitative estimate of drug-likeness (QED) is 0.850. The van der Waals surface area contributed by atoms with Crippen LogP contribution < -0.4 is 10.6 Å². The molecular weight excluding hydrogens is 330 g/mol. The summed E-state index contributed by atoms with van der Waals surface area (Å²) in [6.45, 7) is 7.94. The summed E-state index contributed by atoms with van der Waals surface area (Å²) >= 11 is 0. The molecule has 2 N–H and O–H groups in total. The maximum atomic E-state index is 12.5. The summed E-state index contributed by atoms with van der Waals surface area (Å²) in [6, 6.07) is 6.55. The molecule has 134 valence electrons. The Balaban J connectivity index is 1.96. The number of ether oxygens (including phenoxy) is 1. The van der Waals surface area contributed by atoms with Gasteiger partial charge in [-0.25, -0.2) is 13.2 Å². The van der Waals surface area contributed by atoms with Crippen LogP contribution in [0.1, 0.15) is 26.3 Å². The predicted octanol–water partition coefficient (Wildman–Crippen LogP) is 1.31. The van der Waals surface area contributed by atoms with Crippen molar-refractivity contribution in [1.82, 2.24) is 14.9 Å². The van der Waals surface area contributed by atoms with Crippen LogP contribution >= 0.6 is 0 Å². The third kappa shape index (κ3) is 5.19. The topological polar surface area (TPSA) is 87.7 Å². The molecule has 0 aromatic heterocycles. The Morgan fingerprint density at radius 1 is 1.21 bits per heavy atom. The Morgan fingerprint density at radius 2 is 1.79 bits per heavy atom. The average molecular weight is 355 g/mol. The number of benzene rings is 1. The smallest absolute Gasteiger partial charge is 0.407 e. The van der Waals surface area contributed by atoms with Gasteiger partial charge in [-0.1, -0.05) is 12.1 Å². The molecule has 0 spiro atoms. The molecule has 1 aliphatic rings. The van der Waals surface area contributed by atoms with E-state index in [1.807, 2.05) is 0 Å². The van der Waals surface area contributed by atoms with Crippen LogP contribution in [0.15, 0.2) is 29.2 Å². The fourth-order valence-corrected chi connectivity index (χ4v) is 3.74. The molecule has 1 amide bonds. The summed E-state index contributed by atoms with van der Waals surface area (Å²) in [5.41, 5.74) is 0.255. The van der Waals surface area contributed by atoms with E-state index in [2.05, 4.69) is 10.6 Å². The highest BCUT2D eigenvalue weighted by Gasteiger charge is 2.25. The van der Waals surface area contributed by atoms with E-state index < -0.39 is 21.7 Å². The van der Waals surface area contributed by atoms with Gasteiger partial charge in [-0.2, -0.15) is 4.31 Å². The van der Waals surface area contributed by atoms with Gasteiger partial charge in [0, 0.05) is 32.7 Å². The monoisotopic (exact) mass is 355 g/mol. The average Bonchev–Trinajstić information content (AvgIpc) is 2.52. The van der Waals surface area contributed by atoms with Crippen molar-refractivity contribution in [3.8, 4) is 0 Å². The van der Waals surface area contributed by atoms with E-state index in [0.29, 0.717) is 26.2 Å². The van der Waals surface area contributed by atoms with Gasteiger partial charge < -0.3 is 15.4 Å². The van der Waals surface area contributed by atoms with Gasteiger partial charge >= 0.3 is 6.09 Å². The Labute approximate surface area is 143 Å². The minimum atomic E-state index is -3.45. The summed E-state index contributed by atoms with van der Waals surface area (Å²) in [5.74, 6) is 0. The van der Waals surface area contributed by atoms with Crippen LogP contribution in [0.2, 0.25) is 0 Å². The lowest BCUT2D eigenvalue weighted by Crippen LogP contribution is -2.46. The molecule has 1 fully saturated rings. The van der Waals surface area contributed by atoms with Crippen molar-refractivity contribution < 1.29 is 17.9 Å². The molecule has 1 heterocycles. The summed E-state index contributed by atoms with van der Waals surface area (Å²) in [5, 5.41) is 5.78. The number of rotatable bonds is 4. The molecule has 0 radical (unpaired) electrons. The third-order valence-electron chi connectivity index (χ3n) is 3.47. The van der Waals surface area contributed by atoms with Crippen molar-refractivity contribution in [2.24, 2.45) is 0 Å². The Hall–Kier alpha value is -1.64. The first kappa shape index (κ1) is 18.7. The molecule has 0 saturated carbocycles. The van der Waals surface area contributed by atoms with Crippen LogP contribution in [0.25, 0.3) is 0 Å². The largest absolute Gasteiger partial charge is 0.444 e. The van der Waals surface area contributed by atoms with Crippen LogP contribution in [0.5, 0.6) is 0 Å². The van der Waals surface area contributed by atoms with Gasteiger partial charge in [-0.15, -0.1) is 0 Å². The molecule has 2 rings (SSSR count). The first-order valence-corrected chi connectivity index (χ1v) is 9.39. The number of amides is 1. The second kappa shape index (κ2) is 7.50. The van der Waals surface area contributed by atoms with Crippen molar-refractivity contribution in [2.75, 3.05) is 26.2 Å². The summed E-state index contributed by atoms with van der Waals surface area (Å²) in [7, 11) is -3.45. The summed E-state index contributed by atoms with van der Waals surface area (Å²) in [4.78, 5) is 11.9. The van der Waals surface area contributed by atoms with Gasteiger partial charge in [-0.05, 0) is 38.5 Å². The highest BCUT2D eigenvalue weighted by Crippen LogP contribution is 2.17. The number of nitrogens with zero attached hydrogens (tertiary/aromatic N) is 1. The first-order valence-electron chi connectivity index (χ1n) is 7.95. The van der Waals surface area contributed by atoms with E-state index in [-0.39, 0.29) is 11.4 Å². The molecule has 8 heteroatoms. The van der Waals surface area contributed by atoms with E-state index >= 15 is 0 Å². The van der Waals surface area contributed by atoms with E-state index in [9.17, 15) is 13.2 Å². The fourth-order valence-electron chi connectivity index (χ4n) is 2.30. The number of piperazine rings is 1. The number of carbonyl (C=O) groups excluding carboxylic acids is 1. The number of hydrogen-bond donors (Lipinski definition) is 2. The minimum Gasteiger partial charge on any atom is -0.444 e. The van der Waals surface area contributed by atoms with Crippen LogP contribution in [0.3, 0.4) is 0 Å². The molecule has 1 saturated heterocycles. The van der Waals surface area contributed by atoms with Gasteiger partial charge in [0.2, 0.25) is 10.0 Å². The second-order valence-electron chi connectivity index (χ2n) is 6.65. The first-order chi connectivity index (χ1) is 11.2. The predicted molar refractivity (Wildman–Crippen MR) is 91.1 cm³/mol. The van der Waals surface area contributed by atoms with Crippen molar-refractivity contribution >= 4 is 16.1 Å². The molecule has 0 bridgehead atoms. The number of hydrogen-bond acceptors (Lipinski definition) is 5. The van der Waals surface area contributed by atoms with E-state index in [0.717, 1.165) is 5.56 Å². The zero-order valence-corrected chi connectivity index (χ0v) is 15.1. The van der Waals surface area contributed by atoms with E-state index in [1.165, 1.54) is 4.31 Å². The lowest BCUT2D eigenvalue weighted by Gasteiger charge is -2.26. The van der Waals surface area contributed by atoms with E-state index in [4.69, 9.17) is 4.74 Å². The Morgan fingerprint density at radius 3 is 2.33 bits per heavy atom. The third-order valence-corrected chi connectivity index (χ3v) is 5.39. The number of carbonyl (C=O) groups is 1. The van der Waals surface area contributed by atoms with Crippen LogP contribution in [0, 0.1) is 0 Å². The van der Waals surface area contributed by atoms with Gasteiger partial charge in [0.05, 0.1) is 4.90 Å².